The molecular weight excluding hydrogens is 255 g/mol. The van der Waals surface area contributed by atoms with Gasteiger partial charge in [0.2, 0.25) is 0 Å². The van der Waals surface area contributed by atoms with Crippen molar-refractivity contribution in [1.82, 2.24) is 10.2 Å². The summed E-state index contributed by atoms with van der Waals surface area (Å²) in [6.07, 6.45) is 0. The van der Waals surface area contributed by atoms with Gasteiger partial charge in [0.25, 0.3) is 0 Å². The molecule has 1 aromatic carbocycles. The van der Waals surface area contributed by atoms with Crippen molar-refractivity contribution in [1.29, 1.82) is 0 Å². The molecule has 1 aromatic heterocycles. The third-order valence-corrected chi connectivity index (χ3v) is 2.84. The Morgan fingerprint density at radius 2 is 1.53 bits per heavy atom. The molecule has 0 saturated heterocycles. The first-order chi connectivity index (χ1) is 8.20. The van der Waals surface area contributed by atoms with Crippen LogP contribution in [-0.2, 0) is 0 Å². The second-order valence-electron chi connectivity index (χ2n) is 3.13. The van der Waals surface area contributed by atoms with Gasteiger partial charge in [0.1, 0.15) is 0 Å². The van der Waals surface area contributed by atoms with Crippen LogP contribution in [0, 0.1) is 6.92 Å². The fraction of sp³-hybridized carbons (Fsp3) is 0.231. The van der Waals surface area contributed by atoms with Crippen LogP contribution < -0.4 is 0 Å². The van der Waals surface area contributed by atoms with Crippen molar-refractivity contribution < 1.29 is 0 Å². The molecule has 0 N–H and O–H groups in total. The summed E-state index contributed by atoms with van der Waals surface area (Å²) in [5.41, 5.74) is 2.62. The lowest BCUT2D eigenvalue weighted by Gasteiger charge is -2.07. The van der Waals surface area contributed by atoms with Crippen molar-refractivity contribution in [2.45, 2.75) is 20.8 Å². The van der Waals surface area contributed by atoms with E-state index in [0.29, 0.717) is 5.02 Å². The van der Waals surface area contributed by atoms with Gasteiger partial charge in [-0.15, -0.1) is 5.10 Å². The molecule has 2 aromatic rings. The fourth-order valence-corrected chi connectivity index (χ4v) is 1.83. The summed E-state index contributed by atoms with van der Waals surface area (Å²) in [5.74, 6) is 0. The van der Waals surface area contributed by atoms with E-state index in [1.165, 1.54) is 0 Å². The maximum Gasteiger partial charge on any atom is 0.170 e. The van der Waals surface area contributed by atoms with Gasteiger partial charge in [-0.25, -0.2) is 0 Å². The maximum absolute atomic E-state index is 6.10. The zero-order valence-electron chi connectivity index (χ0n) is 10.0. The van der Waals surface area contributed by atoms with Gasteiger partial charge in [-0.1, -0.05) is 67.4 Å². The molecule has 17 heavy (non-hydrogen) atoms. The summed E-state index contributed by atoms with van der Waals surface area (Å²) in [6, 6.07) is 9.76. The van der Waals surface area contributed by atoms with Crippen molar-refractivity contribution in [3.63, 3.8) is 0 Å². The highest BCUT2D eigenvalue weighted by Crippen LogP contribution is 2.33. The van der Waals surface area contributed by atoms with E-state index < -0.39 is 0 Å². The van der Waals surface area contributed by atoms with E-state index in [-0.39, 0.29) is 5.15 Å². The molecule has 0 aliphatic heterocycles. The SMILES string of the molecule is CC.Cc1nnc(Cl)c(Cl)c1-c1ccccc1. The highest BCUT2D eigenvalue weighted by Gasteiger charge is 2.12. The number of aromatic nitrogens is 2. The van der Waals surface area contributed by atoms with Crippen LogP contribution in [0.3, 0.4) is 0 Å². The van der Waals surface area contributed by atoms with Crippen molar-refractivity contribution in [3.8, 4) is 11.1 Å². The van der Waals surface area contributed by atoms with E-state index in [0.717, 1.165) is 16.8 Å². The minimum Gasteiger partial charge on any atom is -0.154 e. The maximum atomic E-state index is 6.10. The van der Waals surface area contributed by atoms with Gasteiger partial charge < -0.3 is 0 Å². The molecule has 0 bridgehead atoms. The van der Waals surface area contributed by atoms with Gasteiger partial charge in [-0.3, -0.25) is 0 Å². The Balaban J connectivity index is 0.000000686. The van der Waals surface area contributed by atoms with Crippen molar-refractivity contribution >= 4 is 23.2 Å². The fourth-order valence-electron chi connectivity index (χ4n) is 1.42. The zero-order valence-corrected chi connectivity index (χ0v) is 11.5. The standard InChI is InChI=1S/C11H8Cl2N2.C2H6/c1-7-9(8-5-3-2-4-6-8)10(12)11(13)15-14-7;1-2/h2-6H,1H3;1-2H3. The lowest BCUT2D eigenvalue weighted by molar-refractivity contribution is 0.984. The summed E-state index contributed by atoms with van der Waals surface area (Å²) >= 11 is 11.9. The van der Waals surface area contributed by atoms with E-state index in [1.54, 1.807) is 0 Å². The zero-order chi connectivity index (χ0) is 12.8. The van der Waals surface area contributed by atoms with Gasteiger partial charge in [-0.2, -0.15) is 5.10 Å². The summed E-state index contributed by atoms with van der Waals surface area (Å²) in [5, 5.41) is 8.39. The average Bonchev–Trinajstić information content (AvgIpc) is 2.38. The van der Waals surface area contributed by atoms with Crippen LogP contribution in [0.2, 0.25) is 10.2 Å². The van der Waals surface area contributed by atoms with E-state index in [4.69, 9.17) is 23.2 Å². The second-order valence-corrected chi connectivity index (χ2v) is 3.87. The topological polar surface area (TPSA) is 25.8 Å². The number of hydrogen-bond acceptors (Lipinski definition) is 2. The smallest absolute Gasteiger partial charge is 0.154 e. The third-order valence-electron chi connectivity index (χ3n) is 2.11. The van der Waals surface area contributed by atoms with Gasteiger partial charge in [0.15, 0.2) is 5.15 Å². The van der Waals surface area contributed by atoms with E-state index >= 15 is 0 Å². The lowest BCUT2D eigenvalue weighted by Crippen LogP contribution is -1.93. The first kappa shape index (κ1) is 13.9. The quantitative estimate of drug-likeness (QED) is 0.744. The predicted molar refractivity (Wildman–Crippen MR) is 73.6 cm³/mol. The Kier molecular flexibility index (Phi) is 5.39. The molecule has 2 rings (SSSR count). The van der Waals surface area contributed by atoms with E-state index in [2.05, 4.69) is 10.2 Å². The van der Waals surface area contributed by atoms with Gasteiger partial charge in [0, 0.05) is 5.56 Å². The molecule has 1 heterocycles. The van der Waals surface area contributed by atoms with Crippen LogP contribution in [-0.4, -0.2) is 10.2 Å². The number of benzene rings is 1. The number of hydrogen-bond donors (Lipinski definition) is 0. The molecule has 0 atom stereocenters. The Labute approximate surface area is 112 Å². The van der Waals surface area contributed by atoms with Gasteiger partial charge >= 0.3 is 0 Å². The molecule has 0 aliphatic carbocycles. The Morgan fingerprint density at radius 3 is 2.12 bits per heavy atom. The molecule has 0 radical (unpaired) electrons. The van der Waals surface area contributed by atoms with E-state index in [9.17, 15) is 0 Å². The monoisotopic (exact) mass is 268 g/mol. The van der Waals surface area contributed by atoms with E-state index in [1.807, 2.05) is 51.1 Å². The predicted octanol–water partition coefficient (Wildman–Crippen LogP) is 4.79. The minimum absolute atomic E-state index is 0.237. The number of aryl methyl sites for hydroxylation is 1. The van der Waals surface area contributed by atoms with Crippen LogP contribution >= 0.6 is 23.2 Å². The summed E-state index contributed by atoms with van der Waals surface area (Å²) in [7, 11) is 0. The lowest BCUT2D eigenvalue weighted by atomic mass is 10.1. The summed E-state index contributed by atoms with van der Waals surface area (Å²) < 4.78 is 0. The second kappa shape index (κ2) is 6.58. The Hall–Kier alpha value is -1.12. The molecule has 0 spiro atoms. The number of nitrogens with zero attached hydrogens (tertiary/aromatic N) is 2. The average molecular weight is 269 g/mol. The van der Waals surface area contributed by atoms with Crippen LogP contribution in [0.25, 0.3) is 11.1 Å². The molecule has 0 fully saturated rings. The van der Waals surface area contributed by atoms with Crippen molar-refractivity contribution in [2.75, 3.05) is 0 Å². The molecule has 4 heteroatoms. The third kappa shape index (κ3) is 3.18. The van der Waals surface area contributed by atoms with Crippen molar-refractivity contribution in [2.24, 2.45) is 0 Å². The molecule has 2 nitrogen and oxygen atoms in total. The van der Waals surface area contributed by atoms with Crippen LogP contribution in [0.1, 0.15) is 19.5 Å². The Bertz CT molecular complexity index is 484. The first-order valence-corrected chi connectivity index (χ1v) is 6.19. The summed E-state index contributed by atoms with van der Waals surface area (Å²) in [6.45, 7) is 5.86. The highest BCUT2D eigenvalue weighted by molar-refractivity contribution is 6.43. The molecular formula is C13H14Cl2N2. The summed E-state index contributed by atoms with van der Waals surface area (Å²) in [4.78, 5) is 0. The molecule has 0 saturated carbocycles. The molecule has 90 valence electrons. The van der Waals surface area contributed by atoms with Crippen LogP contribution in [0.15, 0.2) is 30.3 Å². The molecule has 0 aliphatic rings. The van der Waals surface area contributed by atoms with Crippen molar-refractivity contribution in [3.05, 3.63) is 46.2 Å². The highest BCUT2D eigenvalue weighted by atomic mass is 35.5. The first-order valence-electron chi connectivity index (χ1n) is 5.44. The Morgan fingerprint density at radius 1 is 0.941 bits per heavy atom. The van der Waals surface area contributed by atoms with Gasteiger partial charge in [0.05, 0.1) is 10.7 Å². The molecule has 0 unspecified atom stereocenters. The number of rotatable bonds is 1. The molecule has 0 amide bonds. The van der Waals surface area contributed by atoms with Gasteiger partial charge in [-0.05, 0) is 12.5 Å². The van der Waals surface area contributed by atoms with Crippen LogP contribution in [0.4, 0.5) is 0 Å². The minimum atomic E-state index is 0.237. The number of halogens is 2. The normalized spacial score (nSPS) is 9.47. The van der Waals surface area contributed by atoms with Crippen LogP contribution in [0.5, 0.6) is 0 Å². The largest absolute Gasteiger partial charge is 0.170 e.